The van der Waals surface area contributed by atoms with Crippen molar-refractivity contribution in [1.29, 1.82) is 0 Å². The van der Waals surface area contributed by atoms with Crippen molar-refractivity contribution in [2.45, 2.75) is 6.92 Å². The van der Waals surface area contributed by atoms with Gasteiger partial charge in [0.25, 0.3) is 17.7 Å². The third kappa shape index (κ3) is 4.15. The molecule has 0 atom stereocenters. The summed E-state index contributed by atoms with van der Waals surface area (Å²) in [6, 6.07) is 19.0. The summed E-state index contributed by atoms with van der Waals surface area (Å²) in [5, 5.41) is 5.00. The maximum absolute atomic E-state index is 12.1. The van der Waals surface area contributed by atoms with Crippen LogP contribution in [0.1, 0.15) is 26.3 Å². The molecule has 1 aliphatic heterocycles. The molecule has 7 heteroatoms. The highest BCUT2D eigenvalue weighted by molar-refractivity contribution is 6.21. The SMILES string of the molecule is Cc1ccccc1OCC(=O)Nc1ccc(Oc2ccc3c(c2)C(=O)NC3=O)cc1. The number of nitrogens with one attached hydrogen (secondary N) is 2. The normalized spacial score (nSPS) is 12.2. The van der Waals surface area contributed by atoms with E-state index in [1.54, 1.807) is 36.4 Å². The first-order chi connectivity index (χ1) is 14.5. The molecular weight excluding hydrogens is 384 g/mol. The van der Waals surface area contributed by atoms with E-state index in [9.17, 15) is 14.4 Å². The lowest BCUT2D eigenvalue weighted by atomic mass is 10.1. The molecule has 0 saturated heterocycles. The predicted octanol–water partition coefficient (Wildman–Crippen LogP) is 3.69. The summed E-state index contributed by atoms with van der Waals surface area (Å²) in [7, 11) is 0. The fraction of sp³-hybridized carbons (Fsp3) is 0.0870. The Morgan fingerprint density at radius 3 is 2.37 bits per heavy atom. The lowest BCUT2D eigenvalue weighted by Gasteiger charge is -2.10. The van der Waals surface area contributed by atoms with Crippen LogP contribution < -0.4 is 20.1 Å². The molecule has 3 aromatic rings. The van der Waals surface area contributed by atoms with Gasteiger partial charge < -0.3 is 14.8 Å². The fourth-order valence-electron chi connectivity index (χ4n) is 3.01. The lowest BCUT2D eigenvalue weighted by Crippen LogP contribution is -2.20. The zero-order valence-corrected chi connectivity index (χ0v) is 16.1. The van der Waals surface area contributed by atoms with E-state index < -0.39 is 11.8 Å². The average molecular weight is 402 g/mol. The molecule has 0 aromatic heterocycles. The van der Waals surface area contributed by atoms with Crippen molar-refractivity contribution in [3.8, 4) is 17.2 Å². The van der Waals surface area contributed by atoms with Crippen molar-refractivity contribution >= 4 is 23.4 Å². The molecule has 0 fully saturated rings. The number of fused-ring (bicyclic) bond motifs is 1. The van der Waals surface area contributed by atoms with Crippen LogP contribution in [-0.4, -0.2) is 24.3 Å². The molecule has 30 heavy (non-hydrogen) atoms. The van der Waals surface area contributed by atoms with Crippen LogP contribution in [0.15, 0.2) is 66.7 Å². The Balaban J connectivity index is 1.35. The molecule has 0 aliphatic carbocycles. The van der Waals surface area contributed by atoms with Crippen molar-refractivity contribution in [3.05, 3.63) is 83.4 Å². The van der Waals surface area contributed by atoms with Crippen molar-refractivity contribution < 1.29 is 23.9 Å². The number of para-hydroxylation sites is 1. The largest absolute Gasteiger partial charge is 0.483 e. The first-order valence-corrected chi connectivity index (χ1v) is 9.25. The van der Waals surface area contributed by atoms with Crippen LogP contribution in [-0.2, 0) is 4.79 Å². The van der Waals surface area contributed by atoms with Gasteiger partial charge in [0.05, 0.1) is 11.1 Å². The van der Waals surface area contributed by atoms with Gasteiger partial charge in [-0.05, 0) is 61.0 Å². The summed E-state index contributed by atoms with van der Waals surface area (Å²) in [5.74, 6) is 0.498. The smallest absolute Gasteiger partial charge is 0.262 e. The van der Waals surface area contributed by atoms with E-state index in [1.807, 2.05) is 31.2 Å². The fourth-order valence-corrected chi connectivity index (χ4v) is 3.01. The highest BCUT2D eigenvalue weighted by Gasteiger charge is 2.26. The standard InChI is InChI=1S/C23H18N2O5/c1-14-4-2-3-5-20(14)29-13-21(26)24-15-6-8-16(9-7-15)30-17-10-11-18-19(12-17)23(28)25-22(18)27/h2-12H,13H2,1H3,(H,24,26)(H,25,27,28). The third-order valence-corrected chi connectivity index (χ3v) is 4.53. The van der Waals surface area contributed by atoms with Crippen LogP contribution in [0, 0.1) is 6.92 Å². The maximum atomic E-state index is 12.1. The van der Waals surface area contributed by atoms with E-state index in [2.05, 4.69) is 10.6 Å². The van der Waals surface area contributed by atoms with Crippen LogP contribution in [0.3, 0.4) is 0 Å². The van der Waals surface area contributed by atoms with Gasteiger partial charge in [-0.2, -0.15) is 0 Å². The van der Waals surface area contributed by atoms with Crippen molar-refractivity contribution in [2.75, 3.05) is 11.9 Å². The zero-order chi connectivity index (χ0) is 21.1. The number of hydrogen-bond donors (Lipinski definition) is 2. The maximum Gasteiger partial charge on any atom is 0.262 e. The van der Waals surface area contributed by atoms with Crippen molar-refractivity contribution in [3.63, 3.8) is 0 Å². The van der Waals surface area contributed by atoms with E-state index in [0.29, 0.717) is 28.5 Å². The predicted molar refractivity (Wildman–Crippen MR) is 110 cm³/mol. The van der Waals surface area contributed by atoms with Crippen molar-refractivity contribution in [2.24, 2.45) is 0 Å². The van der Waals surface area contributed by atoms with E-state index in [0.717, 1.165) is 5.56 Å². The Morgan fingerprint density at radius 2 is 1.60 bits per heavy atom. The molecule has 2 N–H and O–H groups in total. The summed E-state index contributed by atoms with van der Waals surface area (Å²) in [6.45, 7) is 1.82. The molecule has 7 nitrogen and oxygen atoms in total. The van der Waals surface area contributed by atoms with Gasteiger partial charge in [0, 0.05) is 5.69 Å². The first kappa shape index (κ1) is 19.2. The molecule has 0 unspecified atom stereocenters. The molecule has 150 valence electrons. The molecular formula is C23H18N2O5. The first-order valence-electron chi connectivity index (χ1n) is 9.25. The number of amides is 3. The second-order valence-corrected chi connectivity index (χ2v) is 6.72. The highest BCUT2D eigenvalue weighted by atomic mass is 16.5. The van der Waals surface area contributed by atoms with Gasteiger partial charge in [0.15, 0.2) is 6.61 Å². The van der Waals surface area contributed by atoms with Gasteiger partial charge in [-0.1, -0.05) is 18.2 Å². The Bertz CT molecular complexity index is 1140. The van der Waals surface area contributed by atoms with E-state index >= 15 is 0 Å². The number of anilines is 1. The third-order valence-electron chi connectivity index (χ3n) is 4.53. The summed E-state index contributed by atoms with van der Waals surface area (Å²) in [6.07, 6.45) is 0. The van der Waals surface area contributed by atoms with Crippen LogP contribution in [0.5, 0.6) is 17.2 Å². The number of carbonyl (C=O) groups is 3. The van der Waals surface area contributed by atoms with Crippen molar-refractivity contribution in [1.82, 2.24) is 5.32 Å². The Hall–Kier alpha value is -4.13. The summed E-state index contributed by atoms with van der Waals surface area (Å²) in [4.78, 5) is 35.5. The molecule has 3 amide bonds. The highest BCUT2D eigenvalue weighted by Crippen LogP contribution is 2.27. The Labute approximate surface area is 172 Å². The van der Waals surface area contributed by atoms with Crippen LogP contribution >= 0.6 is 0 Å². The number of carbonyl (C=O) groups excluding carboxylic acids is 3. The number of benzene rings is 3. The van der Waals surface area contributed by atoms with Crippen LogP contribution in [0.25, 0.3) is 0 Å². The molecule has 0 spiro atoms. The van der Waals surface area contributed by atoms with E-state index in [4.69, 9.17) is 9.47 Å². The molecule has 1 aliphatic rings. The minimum atomic E-state index is -0.438. The molecule has 0 bridgehead atoms. The van der Waals surface area contributed by atoms with Gasteiger partial charge >= 0.3 is 0 Å². The van der Waals surface area contributed by atoms with E-state index in [-0.39, 0.29) is 18.1 Å². The number of rotatable bonds is 6. The molecule has 0 saturated carbocycles. The summed E-state index contributed by atoms with van der Waals surface area (Å²) >= 11 is 0. The molecule has 3 aromatic carbocycles. The lowest BCUT2D eigenvalue weighted by molar-refractivity contribution is -0.118. The molecule has 4 rings (SSSR count). The van der Waals surface area contributed by atoms with Crippen LogP contribution in [0.2, 0.25) is 0 Å². The average Bonchev–Trinajstić information content (AvgIpc) is 3.02. The van der Waals surface area contributed by atoms with Gasteiger partial charge in [0.1, 0.15) is 17.2 Å². The minimum absolute atomic E-state index is 0.0982. The number of aryl methyl sites for hydroxylation is 1. The minimum Gasteiger partial charge on any atom is -0.483 e. The van der Waals surface area contributed by atoms with Gasteiger partial charge in [-0.3, -0.25) is 19.7 Å². The second kappa shape index (κ2) is 8.08. The quantitative estimate of drug-likeness (QED) is 0.614. The summed E-state index contributed by atoms with van der Waals surface area (Å²) in [5.41, 5.74) is 2.17. The monoisotopic (exact) mass is 402 g/mol. The summed E-state index contributed by atoms with van der Waals surface area (Å²) < 4.78 is 11.3. The number of imide groups is 1. The Kier molecular flexibility index (Phi) is 5.17. The number of hydrogen-bond acceptors (Lipinski definition) is 5. The van der Waals surface area contributed by atoms with Crippen LogP contribution in [0.4, 0.5) is 5.69 Å². The second-order valence-electron chi connectivity index (χ2n) is 6.72. The molecule has 0 radical (unpaired) electrons. The zero-order valence-electron chi connectivity index (χ0n) is 16.1. The van der Waals surface area contributed by atoms with E-state index in [1.165, 1.54) is 6.07 Å². The van der Waals surface area contributed by atoms with Gasteiger partial charge in [-0.15, -0.1) is 0 Å². The van der Waals surface area contributed by atoms with Gasteiger partial charge in [0.2, 0.25) is 0 Å². The topological polar surface area (TPSA) is 93.7 Å². The Morgan fingerprint density at radius 1 is 0.900 bits per heavy atom. The molecule has 1 heterocycles. The number of ether oxygens (including phenoxy) is 2. The van der Waals surface area contributed by atoms with Gasteiger partial charge in [-0.25, -0.2) is 0 Å².